The first-order chi connectivity index (χ1) is 8.74. The van der Waals surface area contributed by atoms with Crippen LogP contribution in [0, 0.1) is 0 Å². The second-order valence-electron chi connectivity index (χ2n) is 4.43. The van der Waals surface area contributed by atoms with Gasteiger partial charge in [0.1, 0.15) is 5.52 Å². The maximum Gasteiger partial charge on any atom is 0.335 e. The minimum absolute atomic E-state index is 0.220. The fourth-order valence-electron chi connectivity index (χ4n) is 2.19. The van der Waals surface area contributed by atoms with Crippen LogP contribution >= 0.6 is 0 Å². The maximum absolute atomic E-state index is 10.9. The summed E-state index contributed by atoms with van der Waals surface area (Å²) >= 11 is 0. The molecule has 18 heavy (non-hydrogen) atoms. The summed E-state index contributed by atoms with van der Waals surface area (Å²) in [5, 5.41) is 8.92. The van der Waals surface area contributed by atoms with Crippen molar-refractivity contribution >= 4 is 17.1 Å². The van der Waals surface area contributed by atoms with E-state index in [0.717, 1.165) is 26.1 Å². The highest BCUT2D eigenvalue weighted by Gasteiger charge is 2.21. The Balaban J connectivity index is 1.97. The molecule has 0 aliphatic carbocycles. The number of oxazole rings is 1. The predicted octanol–water partition coefficient (Wildman–Crippen LogP) is 2.42. The molecule has 2 heterocycles. The third-order valence-electron chi connectivity index (χ3n) is 3.22. The number of hydrogen-bond acceptors (Lipinski definition) is 4. The van der Waals surface area contributed by atoms with E-state index in [1.165, 1.54) is 6.07 Å². The lowest BCUT2D eigenvalue weighted by Gasteiger charge is -2.18. The largest absolute Gasteiger partial charge is 0.478 e. The fraction of sp³-hybridized carbons (Fsp3) is 0.385. The van der Waals surface area contributed by atoms with Crippen molar-refractivity contribution < 1.29 is 19.1 Å². The number of carboxylic acid groups (broad SMARTS) is 1. The summed E-state index contributed by atoms with van der Waals surface area (Å²) in [5.41, 5.74) is 1.47. The Bertz CT molecular complexity index is 584. The molecule has 5 heteroatoms. The third-order valence-corrected chi connectivity index (χ3v) is 3.22. The normalized spacial score (nSPS) is 17.1. The molecule has 1 aliphatic rings. The SMILES string of the molecule is O=C(O)c1ccc2nc(C3CCOCC3)oc2c1. The second-order valence-corrected chi connectivity index (χ2v) is 4.43. The summed E-state index contributed by atoms with van der Waals surface area (Å²) in [7, 11) is 0. The number of benzene rings is 1. The smallest absolute Gasteiger partial charge is 0.335 e. The van der Waals surface area contributed by atoms with E-state index in [0.29, 0.717) is 17.0 Å². The standard InChI is InChI=1S/C13H13NO4/c15-13(16)9-1-2-10-11(7-9)18-12(14-10)8-3-5-17-6-4-8/h1-2,7-8H,3-6H2,(H,15,16). The lowest BCUT2D eigenvalue weighted by molar-refractivity contribution is 0.0697. The van der Waals surface area contributed by atoms with Gasteiger partial charge in [-0.25, -0.2) is 9.78 Å². The molecule has 5 nitrogen and oxygen atoms in total. The first-order valence-electron chi connectivity index (χ1n) is 5.95. The van der Waals surface area contributed by atoms with Gasteiger partial charge in [-0.2, -0.15) is 0 Å². The van der Waals surface area contributed by atoms with E-state index >= 15 is 0 Å². The molecule has 1 aromatic heterocycles. The summed E-state index contributed by atoms with van der Waals surface area (Å²) in [5.74, 6) is 0.0104. The zero-order valence-corrected chi connectivity index (χ0v) is 9.76. The molecule has 94 valence electrons. The summed E-state index contributed by atoms with van der Waals surface area (Å²) in [6, 6.07) is 4.75. The average molecular weight is 247 g/mol. The molecule has 0 unspecified atom stereocenters. The van der Waals surface area contributed by atoms with Crippen LogP contribution in [0.15, 0.2) is 22.6 Å². The van der Waals surface area contributed by atoms with E-state index in [1.807, 2.05) is 0 Å². The molecule has 0 bridgehead atoms. The van der Waals surface area contributed by atoms with Crippen LogP contribution in [0.5, 0.6) is 0 Å². The highest BCUT2D eigenvalue weighted by molar-refractivity contribution is 5.91. The van der Waals surface area contributed by atoms with E-state index < -0.39 is 5.97 Å². The Hall–Kier alpha value is -1.88. The van der Waals surface area contributed by atoms with Crippen LogP contribution in [0.2, 0.25) is 0 Å². The highest BCUT2D eigenvalue weighted by Crippen LogP contribution is 2.29. The van der Waals surface area contributed by atoms with Gasteiger partial charge >= 0.3 is 5.97 Å². The number of carboxylic acids is 1. The third kappa shape index (κ3) is 1.97. The Morgan fingerprint density at radius 3 is 2.83 bits per heavy atom. The van der Waals surface area contributed by atoms with Crippen molar-refractivity contribution in [3.05, 3.63) is 29.7 Å². The molecule has 1 fully saturated rings. The lowest BCUT2D eigenvalue weighted by Crippen LogP contribution is -2.14. The van der Waals surface area contributed by atoms with Crippen molar-refractivity contribution in [3.8, 4) is 0 Å². The number of aromatic nitrogens is 1. The van der Waals surface area contributed by atoms with Gasteiger partial charge in [0.25, 0.3) is 0 Å². The maximum atomic E-state index is 10.9. The first kappa shape index (κ1) is 11.2. The molecular formula is C13H13NO4. The predicted molar refractivity (Wildman–Crippen MR) is 63.8 cm³/mol. The number of hydrogen-bond donors (Lipinski definition) is 1. The molecule has 1 N–H and O–H groups in total. The van der Waals surface area contributed by atoms with Crippen LogP contribution in [0.1, 0.15) is 35.0 Å². The van der Waals surface area contributed by atoms with Crippen molar-refractivity contribution in [2.45, 2.75) is 18.8 Å². The zero-order valence-electron chi connectivity index (χ0n) is 9.76. The van der Waals surface area contributed by atoms with Gasteiger partial charge < -0.3 is 14.3 Å². The molecule has 0 spiro atoms. The number of rotatable bonds is 2. The van der Waals surface area contributed by atoms with Crippen LogP contribution in [0.3, 0.4) is 0 Å². The van der Waals surface area contributed by atoms with Gasteiger partial charge in [0.05, 0.1) is 5.56 Å². The van der Waals surface area contributed by atoms with E-state index in [-0.39, 0.29) is 11.5 Å². The van der Waals surface area contributed by atoms with E-state index in [4.69, 9.17) is 14.3 Å². The molecule has 3 rings (SSSR count). The minimum Gasteiger partial charge on any atom is -0.478 e. The number of carbonyl (C=O) groups is 1. The number of aromatic carboxylic acids is 1. The van der Waals surface area contributed by atoms with Crippen molar-refractivity contribution in [2.24, 2.45) is 0 Å². The van der Waals surface area contributed by atoms with Gasteiger partial charge in [-0.05, 0) is 31.0 Å². The molecule has 1 saturated heterocycles. The van der Waals surface area contributed by atoms with Crippen molar-refractivity contribution in [1.82, 2.24) is 4.98 Å². The topological polar surface area (TPSA) is 72.6 Å². The Labute approximate surface area is 103 Å². The Morgan fingerprint density at radius 2 is 2.11 bits per heavy atom. The highest BCUT2D eigenvalue weighted by atomic mass is 16.5. The van der Waals surface area contributed by atoms with Gasteiger partial charge in [-0.3, -0.25) is 0 Å². The van der Waals surface area contributed by atoms with Crippen LogP contribution in [0.4, 0.5) is 0 Å². The monoisotopic (exact) mass is 247 g/mol. The molecular weight excluding hydrogens is 234 g/mol. The van der Waals surface area contributed by atoms with Gasteiger partial charge in [-0.1, -0.05) is 0 Å². The van der Waals surface area contributed by atoms with Crippen LogP contribution in [0.25, 0.3) is 11.1 Å². The second kappa shape index (κ2) is 4.42. The zero-order chi connectivity index (χ0) is 12.5. The van der Waals surface area contributed by atoms with Gasteiger partial charge in [0.2, 0.25) is 0 Å². The Morgan fingerprint density at radius 1 is 1.33 bits per heavy atom. The fourth-order valence-corrected chi connectivity index (χ4v) is 2.19. The average Bonchev–Trinajstić information content (AvgIpc) is 2.82. The molecule has 0 saturated carbocycles. The Kier molecular flexibility index (Phi) is 2.76. The lowest BCUT2D eigenvalue weighted by atomic mass is 10.0. The summed E-state index contributed by atoms with van der Waals surface area (Å²) in [4.78, 5) is 15.3. The summed E-state index contributed by atoms with van der Waals surface area (Å²) < 4.78 is 11.0. The first-order valence-corrected chi connectivity index (χ1v) is 5.95. The van der Waals surface area contributed by atoms with Crippen LogP contribution in [-0.2, 0) is 4.74 Å². The number of fused-ring (bicyclic) bond motifs is 1. The quantitative estimate of drug-likeness (QED) is 0.882. The van der Waals surface area contributed by atoms with Crippen molar-refractivity contribution in [2.75, 3.05) is 13.2 Å². The molecule has 1 aromatic carbocycles. The van der Waals surface area contributed by atoms with Crippen molar-refractivity contribution in [3.63, 3.8) is 0 Å². The van der Waals surface area contributed by atoms with Gasteiger partial charge in [0.15, 0.2) is 11.5 Å². The van der Waals surface area contributed by atoms with Crippen LogP contribution in [-0.4, -0.2) is 29.3 Å². The van der Waals surface area contributed by atoms with Crippen molar-refractivity contribution in [1.29, 1.82) is 0 Å². The molecule has 2 aromatic rings. The van der Waals surface area contributed by atoms with Gasteiger partial charge in [-0.15, -0.1) is 0 Å². The molecule has 0 radical (unpaired) electrons. The van der Waals surface area contributed by atoms with E-state index in [2.05, 4.69) is 4.98 Å². The van der Waals surface area contributed by atoms with E-state index in [9.17, 15) is 4.79 Å². The van der Waals surface area contributed by atoms with E-state index in [1.54, 1.807) is 12.1 Å². The van der Waals surface area contributed by atoms with Crippen LogP contribution < -0.4 is 0 Å². The summed E-state index contributed by atoms with van der Waals surface area (Å²) in [6.07, 6.45) is 1.80. The molecule has 0 amide bonds. The molecule has 0 atom stereocenters. The minimum atomic E-state index is -0.957. The number of ether oxygens (including phenoxy) is 1. The molecule has 1 aliphatic heterocycles. The van der Waals surface area contributed by atoms with Gasteiger partial charge in [0, 0.05) is 19.1 Å². The number of nitrogens with zero attached hydrogens (tertiary/aromatic N) is 1. The summed E-state index contributed by atoms with van der Waals surface area (Å²) in [6.45, 7) is 1.45.